The number of hydrogen-bond acceptors (Lipinski definition) is 10. The number of nitrogens with one attached hydrogen (secondary N) is 1. The van der Waals surface area contributed by atoms with Crippen molar-refractivity contribution in [1.82, 2.24) is 20.2 Å². The lowest BCUT2D eigenvalue weighted by Gasteiger charge is -2.50. The minimum atomic E-state index is -0.557. The van der Waals surface area contributed by atoms with Gasteiger partial charge in [0.2, 0.25) is 5.70 Å². The fourth-order valence-electron chi connectivity index (χ4n) is 7.95. The SMILES string of the molecule is [C-]#[N+]C1=C(C(=O)OC2C(C(C)(C)C)CC(C)CC2C(C)(C)C)c2nc(-c3ccc(C(C)(C)C)cc3)nn2C1=Nc1ccc(N(CC)CCNOOSC)cc1C.[CH3-]. The minimum absolute atomic E-state index is 0. The summed E-state index contributed by atoms with van der Waals surface area (Å²) in [6, 6.07) is 14.2. The molecule has 1 aromatic heterocycles. The number of ether oxygens (including phenoxy) is 1. The zero-order chi connectivity index (χ0) is 41.2. The maximum atomic E-state index is 14.7. The van der Waals surface area contributed by atoms with Crippen LogP contribution in [0.25, 0.3) is 21.8 Å². The second-order valence-electron chi connectivity index (χ2n) is 18.4. The number of aliphatic imine (C=N–C) groups is 1. The van der Waals surface area contributed by atoms with E-state index in [1.807, 2.05) is 31.2 Å². The maximum Gasteiger partial charge on any atom is 0.331 e. The molecule has 2 heterocycles. The molecule has 1 aliphatic carbocycles. The van der Waals surface area contributed by atoms with Crippen LogP contribution in [0.5, 0.6) is 0 Å². The average Bonchev–Trinajstić information content (AvgIpc) is 3.67. The van der Waals surface area contributed by atoms with Gasteiger partial charge in [-0.1, -0.05) is 93.5 Å². The van der Waals surface area contributed by atoms with E-state index in [4.69, 9.17) is 35.7 Å². The highest BCUT2D eigenvalue weighted by Gasteiger charge is 2.49. The van der Waals surface area contributed by atoms with E-state index in [0.29, 0.717) is 30.5 Å². The molecule has 2 unspecified atom stereocenters. The highest BCUT2D eigenvalue weighted by molar-refractivity contribution is 7.93. The van der Waals surface area contributed by atoms with E-state index in [1.165, 1.54) is 5.56 Å². The lowest BCUT2D eigenvalue weighted by Crippen LogP contribution is -2.49. The predicted octanol–water partition coefficient (Wildman–Crippen LogP) is 10.4. The molecule has 0 spiro atoms. The molecule has 0 amide bonds. The molecule has 310 valence electrons. The Balaban J connectivity index is 0.00000720. The van der Waals surface area contributed by atoms with Gasteiger partial charge in [0.15, 0.2) is 17.5 Å². The fourth-order valence-corrected chi connectivity index (χ4v) is 8.07. The Morgan fingerprint density at radius 3 is 2.19 bits per heavy atom. The predicted molar refractivity (Wildman–Crippen MR) is 234 cm³/mol. The summed E-state index contributed by atoms with van der Waals surface area (Å²) in [5, 5.41) is 4.91. The van der Waals surface area contributed by atoms with Crippen molar-refractivity contribution < 1.29 is 18.9 Å². The number of esters is 1. The first-order valence-electron chi connectivity index (χ1n) is 19.7. The highest BCUT2D eigenvalue weighted by Crippen LogP contribution is 2.50. The minimum Gasteiger partial charge on any atom is -0.459 e. The van der Waals surface area contributed by atoms with Crippen LogP contribution in [0.2, 0.25) is 0 Å². The van der Waals surface area contributed by atoms with Crippen molar-refractivity contribution in [1.29, 1.82) is 0 Å². The molecule has 2 aliphatic rings. The Morgan fingerprint density at radius 2 is 1.67 bits per heavy atom. The third-order valence-corrected chi connectivity index (χ3v) is 11.4. The molecule has 11 nitrogen and oxygen atoms in total. The molecule has 0 bridgehead atoms. The molecule has 1 aliphatic heterocycles. The molecule has 1 saturated carbocycles. The van der Waals surface area contributed by atoms with Gasteiger partial charge in [0.1, 0.15) is 11.7 Å². The number of carbonyl (C=O) groups excluding carboxylic acids is 1. The number of benzene rings is 2. The molecule has 1 N–H and O–H groups in total. The zero-order valence-electron chi connectivity index (χ0n) is 36.6. The number of likely N-dealkylation sites (N-methyl/N-ethyl adjacent to an activating group) is 1. The van der Waals surface area contributed by atoms with Crippen LogP contribution in [0, 0.1) is 49.5 Å². The van der Waals surface area contributed by atoms with Crippen LogP contribution in [-0.2, 0) is 24.3 Å². The number of anilines is 1. The molecule has 0 radical (unpaired) electrons. The number of hydrogen-bond donors (Lipinski definition) is 1. The second-order valence-corrected chi connectivity index (χ2v) is 18.9. The number of hydroxylamine groups is 1. The lowest BCUT2D eigenvalue weighted by atomic mass is 9.59. The topological polar surface area (TPSA) is 107 Å². The number of carbonyl (C=O) groups is 1. The van der Waals surface area contributed by atoms with E-state index < -0.39 is 5.97 Å². The average molecular weight is 799 g/mol. The van der Waals surface area contributed by atoms with E-state index in [0.717, 1.165) is 48.2 Å². The summed E-state index contributed by atoms with van der Waals surface area (Å²) in [6.07, 6.45) is 3.36. The smallest absolute Gasteiger partial charge is 0.331 e. The van der Waals surface area contributed by atoms with E-state index >= 15 is 0 Å². The van der Waals surface area contributed by atoms with Crippen molar-refractivity contribution in [3.05, 3.63) is 84.0 Å². The Bertz CT molecular complexity index is 1950. The van der Waals surface area contributed by atoms with Crippen LogP contribution in [0.1, 0.15) is 106 Å². The van der Waals surface area contributed by atoms with Gasteiger partial charge < -0.3 is 17.1 Å². The van der Waals surface area contributed by atoms with Crippen molar-refractivity contribution >= 4 is 40.8 Å². The summed E-state index contributed by atoms with van der Waals surface area (Å²) in [6.45, 7) is 36.7. The van der Waals surface area contributed by atoms with E-state index in [-0.39, 0.29) is 64.5 Å². The Kier molecular flexibility index (Phi) is 14.6. The third-order valence-electron chi connectivity index (χ3n) is 11.2. The molecule has 12 heteroatoms. The molecule has 2 aromatic carbocycles. The number of nitrogens with zero attached hydrogens (tertiary/aromatic N) is 6. The standard InChI is InChI=1S/C44H61N7O4S.CH3/c1-15-50(23-22-46-54-55-56-14)31-20-21-34(28(3)26-31)47-40-36(45-13)35(39-48-38(49-51(39)40)29-16-18-30(19-17-29)42(4,5)6)41(52)53-37-32(43(7,8)9)24-27(2)25-33(37)44(10,11)12;/h16-21,26-27,32-33,37,46H,15,22-25H2,1-12,14H3;1H3/q;-1. The van der Waals surface area contributed by atoms with E-state index in [1.54, 1.807) is 10.9 Å². The van der Waals surface area contributed by atoms with Gasteiger partial charge in [0.25, 0.3) is 0 Å². The Labute approximate surface area is 346 Å². The molecule has 3 aromatic rings. The molecular weight excluding hydrogens is 735 g/mol. The first-order valence-corrected chi connectivity index (χ1v) is 20.9. The fraction of sp³-hybridized carbons (Fsp3) is 0.556. The molecule has 5 rings (SSSR count). The number of aromatic nitrogens is 3. The van der Waals surface area contributed by atoms with Gasteiger partial charge in [0.05, 0.1) is 12.3 Å². The van der Waals surface area contributed by atoms with Gasteiger partial charge in [-0.15, -0.1) is 14.4 Å². The lowest BCUT2D eigenvalue weighted by molar-refractivity contribution is -0.243. The summed E-state index contributed by atoms with van der Waals surface area (Å²) in [5.41, 5.74) is 7.35. The van der Waals surface area contributed by atoms with Gasteiger partial charge in [-0.3, -0.25) is 0 Å². The van der Waals surface area contributed by atoms with Crippen LogP contribution in [0.15, 0.2) is 53.2 Å². The van der Waals surface area contributed by atoms with Crippen LogP contribution >= 0.6 is 12.0 Å². The maximum absolute atomic E-state index is 14.7. The third kappa shape index (κ3) is 10.4. The number of fused-ring (bicyclic) bond motifs is 1. The van der Waals surface area contributed by atoms with Gasteiger partial charge in [-0.05, 0) is 78.2 Å². The Hall–Kier alpha value is -4.02. The normalized spacial score (nSPS) is 20.6. The second kappa shape index (κ2) is 18.3. The van der Waals surface area contributed by atoms with Crippen molar-refractivity contribution in [2.75, 3.05) is 30.8 Å². The van der Waals surface area contributed by atoms with E-state index in [9.17, 15) is 4.79 Å². The van der Waals surface area contributed by atoms with Crippen molar-refractivity contribution in [3.8, 4) is 11.4 Å². The highest BCUT2D eigenvalue weighted by atomic mass is 32.2. The monoisotopic (exact) mass is 798 g/mol. The quantitative estimate of drug-likeness (QED) is 0.0478. The number of allylic oxidation sites excluding steroid dienone is 1. The number of rotatable bonds is 12. The van der Waals surface area contributed by atoms with Crippen LogP contribution in [-0.4, -0.2) is 58.6 Å². The van der Waals surface area contributed by atoms with Crippen LogP contribution < -0.4 is 10.4 Å². The van der Waals surface area contributed by atoms with E-state index in [2.05, 4.69) is 110 Å². The Morgan fingerprint density at radius 1 is 1.04 bits per heavy atom. The summed E-state index contributed by atoms with van der Waals surface area (Å²) < 4.78 is 13.1. The number of aryl methyl sites for hydroxylation is 1. The summed E-state index contributed by atoms with van der Waals surface area (Å²) in [7, 11) is 0. The first kappa shape index (κ1) is 45.7. The molecule has 0 saturated heterocycles. The first-order chi connectivity index (χ1) is 26.3. The van der Waals surface area contributed by atoms with Gasteiger partial charge in [-0.2, -0.15) is 5.48 Å². The summed E-state index contributed by atoms with van der Waals surface area (Å²) in [4.78, 5) is 35.8. The summed E-state index contributed by atoms with van der Waals surface area (Å²) >= 11 is 1.12. The largest absolute Gasteiger partial charge is 0.459 e. The van der Waals surface area contributed by atoms with Gasteiger partial charge >= 0.3 is 5.97 Å². The molecule has 2 atom stereocenters. The van der Waals surface area contributed by atoms with Crippen LogP contribution in [0.4, 0.5) is 11.4 Å². The summed E-state index contributed by atoms with van der Waals surface area (Å²) in [5.74, 6) is 1.18. The van der Waals surface area contributed by atoms with Gasteiger partial charge in [0, 0.05) is 61.0 Å². The molecular formula is C45H64N7O4S-. The molecule has 57 heavy (non-hydrogen) atoms. The van der Waals surface area contributed by atoms with Crippen LogP contribution in [0.3, 0.4) is 0 Å². The van der Waals surface area contributed by atoms with Crippen molar-refractivity contribution in [3.63, 3.8) is 0 Å². The van der Waals surface area contributed by atoms with Crippen molar-refractivity contribution in [2.24, 2.45) is 33.6 Å². The molecule has 1 fully saturated rings. The zero-order valence-corrected chi connectivity index (χ0v) is 37.4. The van der Waals surface area contributed by atoms with Gasteiger partial charge in [-0.25, -0.2) is 24.3 Å². The van der Waals surface area contributed by atoms with Crippen molar-refractivity contribution in [2.45, 2.75) is 107 Å².